The number of hydrogen-bond acceptors (Lipinski definition) is 3. The van der Waals surface area contributed by atoms with E-state index < -0.39 is 0 Å². The Morgan fingerprint density at radius 1 is 0.857 bits per heavy atom. The summed E-state index contributed by atoms with van der Waals surface area (Å²) >= 11 is 0. The number of anilines is 1. The number of phenols is 1. The van der Waals surface area contributed by atoms with Crippen LogP contribution in [-0.4, -0.2) is 36.2 Å². The van der Waals surface area contributed by atoms with Crippen molar-refractivity contribution in [3.05, 3.63) is 60.2 Å². The lowest BCUT2D eigenvalue weighted by Gasteiger charge is -2.39. The average Bonchev–Trinajstić information content (AvgIpc) is 2.56. The molecule has 2 aromatic rings. The molecule has 0 amide bonds. The Hall–Kier alpha value is -2.00. The van der Waals surface area contributed by atoms with Crippen LogP contribution in [0.4, 0.5) is 5.69 Å². The van der Waals surface area contributed by atoms with Crippen LogP contribution in [0.5, 0.6) is 5.75 Å². The van der Waals surface area contributed by atoms with Gasteiger partial charge in [0, 0.05) is 37.9 Å². The molecule has 3 heteroatoms. The van der Waals surface area contributed by atoms with Crippen LogP contribution in [0.2, 0.25) is 0 Å². The Labute approximate surface area is 126 Å². The van der Waals surface area contributed by atoms with Gasteiger partial charge in [0.1, 0.15) is 5.75 Å². The molecular formula is C18H22N2O. The molecule has 1 atom stereocenters. The van der Waals surface area contributed by atoms with E-state index in [2.05, 4.69) is 47.1 Å². The van der Waals surface area contributed by atoms with Gasteiger partial charge in [0.2, 0.25) is 0 Å². The molecule has 110 valence electrons. The second-order valence-electron chi connectivity index (χ2n) is 5.63. The normalized spacial score (nSPS) is 17.7. The molecule has 21 heavy (non-hydrogen) atoms. The van der Waals surface area contributed by atoms with Crippen LogP contribution < -0.4 is 4.90 Å². The van der Waals surface area contributed by atoms with Crippen molar-refractivity contribution in [1.29, 1.82) is 0 Å². The average molecular weight is 282 g/mol. The van der Waals surface area contributed by atoms with Crippen molar-refractivity contribution in [2.75, 3.05) is 31.1 Å². The molecule has 1 N–H and O–H groups in total. The zero-order chi connectivity index (χ0) is 14.7. The fraction of sp³-hybridized carbons (Fsp3) is 0.333. The zero-order valence-corrected chi connectivity index (χ0v) is 12.4. The maximum Gasteiger partial charge on any atom is 0.115 e. The molecule has 2 aromatic carbocycles. The van der Waals surface area contributed by atoms with Gasteiger partial charge in [-0.25, -0.2) is 0 Å². The van der Waals surface area contributed by atoms with Gasteiger partial charge in [-0.05, 0) is 36.8 Å². The first-order valence-corrected chi connectivity index (χ1v) is 7.57. The topological polar surface area (TPSA) is 26.7 Å². The largest absolute Gasteiger partial charge is 0.508 e. The van der Waals surface area contributed by atoms with E-state index in [0.717, 1.165) is 26.2 Å². The summed E-state index contributed by atoms with van der Waals surface area (Å²) in [5.74, 6) is 0.333. The van der Waals surface area contributed by atoms with Crippen LogP contribution in [0, 0.1) is 0 Å². The number of phenolic OH excluding ortho intramolecular Hbond substituents is 1. The number of rotatable bonds is 3. The van der Waals surface area contributed by atoms with E-state index in [1.54, 1.807) is 12.1 Å². The Kier molecular flexibility index (Phi) is 4.11. The van der Waals surface area contributed by atoms with Gasteiger partial charge in [-0.2, -0.15) is 0 Å². The highest BCUT2D eigenvalue weighted by atomic mass is 16.3. The molecule has 1 saturated heterocycles. The third-order valence-corrected chi connectivity index (χ3v) is 4.36. The minimum absolute atomic E-state index is 0.333. The molecule has 0 saturated carbocycles. The van der Waals surface area contributed by atoms with Crippen LogP contribution in [0.15, 0.2) is 54.6 Å². The summed E-state index contributed by atoms with van der Waals surface area (Å²) in [6.07, 6.45) is 0. The summed E-state index contributed by atoms with van der Waals surface area (Å²) in [6, 6.07) is 18.6. The number of aromatic hydroxyl groups is 1. The molecule has 1 heterocycles. The third kappa shape index (κ3) is 3.19. The summed E-state index contributed by atoms with van der Waals surface area (Å²) < 4.78 is 0. The number of benzene rings is 2. The maximum absolute atomic E-state index is 9.39. The zero-order valence-electron chi connectivity index (χ0n) is 12.4. The SMILES string of the molecule is CC(c1ccc(O)cc1)N1CCN(c2ccccc2)CC1. The van der Waals surface area contributed by atoms with Gasteiger partial charge in [-0.3, -0.25) is 4.90 Å². The Morgan fingerprint density at radius 2 is 1.48 bits per heavy atom. The van der Waals surface area contributed by atoms with Crippen molar-refractivity contribution in [2.45, 2.75) is 13.0 Å². The minimum atomic E-state index is 0.333. The second-order valence-corrected chi connectivity index (χ2v) is 5.63. The van der Waals surface area contributed by atoms with Crippen molar-refractivity contribution in [3.8, 4) is 5.75 Å². The Balaban J connectivity index is 1.61. The molecular weight excluding hydrogens is 260 g/mol. The van der Waals surface area contributed by atoms with Gasteiger partial charge in [-0.15, -0.1) is 0 Å². The van der Waals surface area contributed by atoms with Crippen LogP contribution in [0.1, 0.15) is 18.5 Å². The van der Waals surface area contributed by atoms with Gasteiger partial charge in [0.15, 0.2) is 0 Å². The van der Waals surface area contributed by atoms with Gasteiger partial charge in [0.05, 0.1) is 0 Å². The number of piperazine rings is 1. The molecule has 0 spiro atoms. The highest BCUT2D eigenvalue weighted by molar-refractivity contribution is 5.46. The predicted molar refractivity (Wildman–Crippen MR) is 86.7 cm³/mol. The first kappa shape index (κ1) is 14.0. The lowest BCUT2D eigenvalue weighted by atomic mass is 10.1. The molecule has 1 fully saturated rings. The van der Waals surface area contributed by atoms with Crippen molar-refractivity contribution < 1.29 is 5.11 Å². The van der Waals surface area contributed by atoms with Crippen molar-refractivity contribution in [2.24, 2.45) is 0 Å². The monoisotopic (exact) mass is 282 g/mol. The van der Waals surface area contributed by atoms with Crippen molar-refractivity contribution in [1.82, 2.24) is 4.90 Å². The molecule has 1 aliphatic heterocycles. The summed E-state index contributed by atoms with van der Waals surface area (Å²) in [5.41, 5.74) is 2.58. The van der Waals surface area contributed by atoms with Crippen LogP contribution in [0.25, 0.3) is 0 Å². The fourth-order valence-electron chi connectivity index (χ4n) is 2.97. The molecule has 1 aliphatic rings. The number of hydrogen-bond donors (Lipinski definition) is 1. The van der Waals surface area contributed by atoms with E-state index >= 15 is 0 Å². The van der Waals surface area contributed by atoms with Gasteiger partial charge >= 0.3 is 0 Å². The lowest BCUT2D eigenvalue weighted by Crippen LogP contribution is -2.47. The quantitative estimate of drug-likeness (QED) is 0.936. The van der Waals surface area contributed by atoms with E-state index in [1.165, 1.54) is 11.3 Å². The Morgan fingerprint density at radius 3 is 2.10 bits per heavy atom. The standard InChI is InChI=1S/C18H22N2O/c1-15(16-7-9-18(21)10-8-16)19-11-13-20(14-12-19)17-5-3-2-4-6-17/h2-10,15,21H,11-14H2,1H3. The lowest BCUT2D eigenvalue weighted by molar-refractivity contribution is 0.198. The Bertz CT molecular complexity index is 560. The van der Waals surface area contributed by atoms with E-state index in [1.807, 2.05) is 12.1 Å². The predicted octanol–water partition coefficient (Wildman–Crippen LogP) is 3.28. The first-order chi connectivity index (χ1) is 10.2. The van der Waals surface area contributed by atoms with Crippen molar-refractivity contribution in [3.63, 3.8) is 0 Å². The molecule has 3 nitrogen and oxygen atoms in total. The molecule has 0 radical (unpaired) electrons. The van der Waals surface area contributed by atoms with Gasteiger partial charge < -0.3 is 10.0 Å². The van der Waals surface area contributed by atoms with E-state index in [-0.39, 0.29) is 0 Å². The van der Waals surface area contributed by atoms with E-state index in [0.29, 0.717) is 11.8 Å². The highest BCUT2D eigenvalue weighted by Gasteiger charge is 2.22. The highest BCUT2D eigenvalue weighted by Crippen LogP contribution is 2.24. The van der Waals surface area contributed by atoms with Gasteiger partial charge in [0.25, 0.3) is 0 Å². The third-order valence-electron chi connectivity index (χ3n) is 4.36. The summed E-state index contributed by atoms with van der Waals surface area (Å²) in [5, 5.41) is 9.39. The summed E-state index contributed by atoms with van der Waals surface area (Å²) in [7, 11) is 0. The minimum Gasteiger partial charge on any atom is -0.508 e. The molecule has 0 bridgehead atoms. The first-order valence-electron chi connectivity index (χ1n) is 7.57. The van der Waals surface area contributed by atoms with E-state index in [9.17, 15) is 5.11 Å². The van der Waals surface area contributed by atoms with Gasteiger partial charge in [-0.1, -0.05) is 30.3 Å². The summed E-state index contributed by atoms with van der Waals surface area (Å²) in [6.45, 7) is 6.50. The van der Waals surface area contributed by atoms with E-state index in [4.69, 9.17) is 0 Å². The molecule has 3 rings (SSSR count). The maximum atomic E-state index is 9.39. The van der Waals surface area contributed by atoms with Crippen molar-refractivity contribution >= 4 is 5.69 Å². The number of para-hydroxylation sites is 1. The molecule has 0 aromatic heterocycles. The number of nitrogens with zero attached hydrogens (tertiary/aromatic N) is 2. The fourth-order valence-corrected chi connectivity index (χ4v) is 2.97. The summed E-state index contributed by atoms with van der Waals surface area (Å²) in [4.78, 5) is 4.95. The second kappa shape index (κ2) is 6.19. The van der Waals surface area contributed by atoms with Crippen LogP contribution in [0.3, 0.4) is 0 Å². The van der Waals surface area contributed by atoms with Crippen LogP contribution in [-0.2, 0) is 0 Å². The van der Waals surface area contributed by atoms with Crippen LogP contribution >= 0.6 is 0 Å². The molecule has 1 unspecified atom stereocenters. The molecule has 0 aliphatic carbocycles. The smallest absolute Gasteiger partial charge is 0.115 e.